The zero-order valence-corrected chi connectivity index (χ0v) is 13.8. The summed E-state index contributed by atoms with van der Waals surface area (Å²) in [5.74, 6) is 2.30. The average molecular weight is 345 g/mol. The molecule has 4 saturated carbocycles. The quantitative estimate of drug-likeness (QED) is 0.772. The van der Waals surface area contributed by atoms with Gasteiger partial charge in [0.2, 0.25) is 0 Å². The fourth-order valence-corrected chi connectivity index (χ4v) is 8.36. The Morgan fingerprint density at radius 1 is 0.885 bits per heavy atom. The van der Waals surface area contributed by atoms with Gasteiger partial charge >= 0.3 is 11.4 Å². The van der Waals surface area contributed by atoms with Crippen LogP contribution in [0, 0.1) is 34.5 Å². The summed E-state index contributed by atoms with van der Waals surface area (Å²) in [7, 11) is 0. The number of ketones is 1. The molecule has 0 saturated heterocycles. The lowest BCUT2D eigenvalue weighted by atomic mass is 9.67. The molecule has 2 aliphatic heterocycles. The predicted molar refractivity (Wildman–Crippen MR) is 90.0 cm³/mol. The molecule has 6 heteroatoms. The molecule has 2 spiro atoms. The van der Waals surface area contributed by atoms with E-state index in [2.05, 4.69) is 6.08 Å². The Kier molecular flexibility index (Phi) is 1.57. The lowest BCUT2D eigenvalue weighted by Gasteiger charge is -2.48. The van der Waals surface area contributed by atoms with Crippen LogP contribution in [0.1, 0.15) is 18.5 Å². The van der Waals surface area contributed by atoms with Gasteiger partial charge in [0, 0.05) is 17.3 Å². The second kappa shape index (κ2) is 3.21. The van der Waals surface area contributed by atoms with E-state index in [-0.39, 0.29) is 40.1 Å². The minimum Gasteiger partial charge on any atom is -0.295 e. The van der Waals surface area contributed by atoms with E-state index in [0.29, 0.717) is 35.8 Å². The van der Waals surface area contributed by atoms with Crippen molar-refractivity contribution in [3.63, 3.8) is 0 Å². The molecule has 1 aromatic carbocycles. The molecule has 9 rings (SSSR count). The van der Waals surface area contributed by atoms with Gasteiger partial charge in [-0.1, -0.05) is 24.3 Å². The summed E-state index contributed by atoms with van der Waals surface area (Å²) in [6.07, 6.45) is 4.40. The maximum atomic E-state index is 13.3. The number of para-hydroxylation sites is 1. The van der Waals surface area contributed by atoms with Crippen LogP contribution in [0.5, 0.6) is 0 Å². The van der Waals surface area contributed by atoms with Crippen LogP contribution in [0.2, 0.25) is 0 Å². The highest BCUT2D eigenvalue weighted by atomic mass is 16.2. The molecule has 26 heavy (non-hydrogen) atoms. The molecule has 4 fully saturated rings. The summed E-state index contributed by atoms with van der Waals surface area (Å²) in [6, 6.07) is 9.24. The lowest BCUT2D eigenvalue weighted by Crippen LogP contribution is -2.53. The SMILES string of the molecule is O=C1C=CC23C4C5C6C5C2C3(C1)C6n1c(=O)n(-c2ccccc2)c(=O)n14. The summed E-state index contributed by atoms with van der Waals surface area (Å²) in [4.78, 5) is 38.9. The van der Waals surface area contributed by atoms with Crippen LogP contribution < -0.4 is 11.4 Å². The Morgan fingerprint density at radius 2 is 1.58 bits per heavy atom. The van der Waals surface area contributed by atoms with E-state index in [9.17, 15) is 14.4 Å². The van der Waals surface area contributed by atoms with E-state index in [1.165, 1.54) is 4.57 Å². The van der Waals surface area contributed by atoms with E-state index in [1.807, 2.05) is 18.2 Å². The predicted octanol–water partition coefficient (Wildman–Crippen LogP) is 0.917. The smallest absolute Gasteiger partial charge is 0.295 e. The number of carbonyl (C=O) groups excluding carboxylic acids is 1. The number of hydrogen-bond acceptors (Lipinski definition) is 3. The summed E-state index contributed by atoms with van der Waals surface area (Å²) >= 11 is 0. The van der Waals surface area contributed by atoms with Crippen LogP contribution in [0.3, 0.4) is 0 Å². The topological polar surface area (TPSA) is 66.0 Å². The van der Waals surface area contributed by atoms with Gasteiger partial charge in [-0.2, -0.15) is 0 Å². The van der Waals surface area contributed by atoms with Crippen LogP contribution >= 0.6 is 0 Å². The number of carbonyl (C=O) groups is 1. The first-order valence-corrected chi connectivity index (χ1v) is 9.38. The minimum atomic E-state index is -0.238. The number of rotatable bonds is 1. The largest absolute Gasteiger partial charge is 0.352 e. The molecule has 5 aliphatic carbocycles. The highest BCUT2D eigenvalue weighted by Gasteiger charge is 3.03. The van der Waals surface area contributed by atoms with E-state index in [0.717, 1.165) is 0 Å². The molecule has 8 atom stereocenters. The molecule has 8 unspecified atom stereocenters. The van der Waals surface area contributed by atoms with Gasteiger partial charge in [-0.15, -0.1) is 0 Å². The molecule has 3 heterocycles. The molecule has 0 N–H and O–H groups in total. The van der Waals surface area contributed by atoms with Crippen molar-refractivity contribution >= 4 is 5.78 Å². The lowest BCUT2D eigenvalue weighted by molar-refractivity contribution is -0.119. The molecule has 0 radical (unpaired) electrons. The van der Waals surface area contributed by atoms with E-state index >= 15 is 0 Å². The van der Waals surface area contributed by atoms with Crippen LogP contribution in [0.25, 0.3) is 5.69 Å². The fourth-order valence-electron chi connectivity index (χ4n) is 8.36. The van der Waals surface area contributed by atoms with Crippen molar-refractivity contribution in [3.8, 4) is 5.69 Å². The van der Waals surface area contributed by atoms with Gasteiger partial charge in [0.25, 0.3) is 0 Å². The number of nitrogens with zero attached hydrogens (tertiary/aromatic N) is 3. The summed E-state index contributed by atoms with van der Waals surface area (Å²) in [5, 5.41) is 0. The number of benzene rings is 1. The summed E-state index contributed by atoms with van der Waals surface area (Å²) in [5.41, 5.74) is 0.0242. The summed E-state index contributed by atoms with van der Waals surface area (Å²) < 4.78 is 4.83. The molecule has 128 valence electrons. The minimum absolute atomic E-state index is 0.0200. The molecule has 2 bridgehead atoms. The third-order valence-corrected chi connectivity index (χ3v) is 8.68. The number of allylic oxidation sites excluding steroid dienone is 2. The van der Waals surface area contributed by atoms with Crippen LogP contribution in [0.4, 0.5) is 0 Å². The van der Waals surface area contributed by atoms with Gasteiger partial charge in [-0.05, 0) is 41.9 Å². The van der Waals surface area contributed by atoms with Crippen molar-refractivity contribution < 1.29 is 4.79 Å². The molecular weight excluding hydrogens is 330 g/mol. The molecule has 1 aromatic heterocycles. The fraction of sp³-hybridized carbons (Fsp3) is 0.450. The van der Waals surface area contributed by atoms with Crippen LogP contribution in [0.15, 0.2) is 52.1 Å². The van der Waals surface area contributed by atoms with Crippen LogP contribution in [-0.2, 0) is 4.79 Å². The Balaban J connectivity index is 1.48. The molecule has 6 nitrogen and oxygen atoms in total. The maximum absolute atomic E-state index is 13.3. The van der Waals surface area contributed by atoms with Crippen molar-refractivity contribution in [2.75, 3.05) is 0 Å². The first-order valence-electron chi connectivity index (χ1n) is 9.38. The van der Waals surface area contributed by atoms with E-state index in [1.54, 1.807) is 27.6 Å². The second-order valence-corrected chi connectivity index (χ2v) is 8.97. The molecule has 7 aliphatic rings. The van der Waals surface area contributed by atoms with E-state index in [4.69, 9.17) is 0 Å². The highest BCUT2D eigenvalue weighted by molar-refractivity contribution is 5.93. The van der Waals surface area contributed by atoms with Crippen molar-refractivity contribution in [3.05, 3.63) is 63.5 Å². The number of aromatic nitrogens is 3. The third kappa shape index (κ3) is 0.863. The van der Waals surface area contributed by atoms with Gasteiger partial charge in [0.05, 0.1) is 17.8 Å². The zero-order valence-electron chi connectivity index (χ0n) is 13.8. The second-order valence-electron chi connectivity index (χ2n) is 8.97. The third-order valence-electron chi connectivity index (χ3n) is 8.68. The van der Waals surface area contributed by atoms with Crippen molar-refractivity contribution in [2.45, 2.75) is 18.5 Å². The first kappa shape index (κ1) is 12.7. The van der Waals surface area contributed by atoms with Crippen molar-refractivity contribution in [2.24, 2.45) is 34.5 Å². The van der Waals surface area contributed by atoms with Gasteiger partial charge in [0.15, 0.2) is 5.78 Å². The van der Waals surface area contributed by atoms with Gasteiger partial charge in [-0.3, -0.25) is 4.79 Å². The first-order chi connectivity index (χ1) is 12.6. The Morgan fingerprint density at radius 3 is 2.35 bits per heavy atom. The van der Waals surface area contributed by atoms with Crippen molar-refractivity contribution in [1.82, 2.24) is 13.9 Å². The van der Waals surface area contributed by atoms with Gasteiger partial charge in [0.1, 0.15) is 0 Å². The van der Waals surface area contributed by atoms with Gasteiger partial charge in [-0.25, -0.2) is 23.5 Å². The van der Waals surface area contributed by atoms with Crippen LogP contribution in [-0.4, -0.2) is 19.7 Å². The average Bonchev–Trinajstić information content (AvgIpc) is 3.40. The molecule has 2 aromatic rings. The normalized spacial score (nSPS) is 49.2. The molecule has 0 amide bonds. The molecular formula is C20H15N3O3. The zero-order chi connectivity index (χ0) is 17.2. The highest BCUT2D eigenvalue weighted by Crippen LogP contribution is 3.03. The Labute approximate surface area is 147 Å². The van der Waals surface area contributed by atoms with E-state index < -0.39 is 0 Å². The van der Waals surface area contributed by atoms with Gasteiger partial charge < -0.3 is 0 Å². The Hall–Kier alpha value is -2.63. The maximum Gasteiger partial charge on any atom is 0.352 e. The van der Waals surface area contributed by atoms with Crippen molar-refractivity contribution in [1.29, 1.82) is 0 Å². The number of hydrogen-bond donors (Lipinski definition) is 0. The standard InChI is InChI=1S/C20H15N3O3/c24-10-6-7-19-14-11-12-13(11)16(20(14,19)8-10)23-18(26)21(9-4-2-1-3-5-9)17(25)22(23)15(12)19/h1-7,11-16H,8H2. The monoisotopic (exact) mass is 345 g/mol. The summed E-state index contributed by atoms with van der Waals surface area (Å²) in [6.45, 7) is 0. The Bertz CT molecular complexity index is 1230.